The van der Waals surface area contributed by atoms with Gasteiger partial charge in [0.1, 0.15) is 5.52 Å². The van der Waals surface area contributed by atoms with Crippen molar-refractivity contribution in [2.24, 2.45) is 13.0 Å². The number of piperidine rings is 1. The molecule has 1 aliphatic rings. The molecule has 5 nitrogen and oxygen atoms in total. The van der Waals surface area contributed by atoms with E-state index in [9.17, 15) is 0 Å². The molecule has 3 rings (SSSR count). The van der Waals surface area contributed by atoms with Crippen LogP contribution in [0.1, 0.15) is 25.5 Å². The number of hydrogen-bond donors (Lipinski definition) is 1. The molecule has 1 saturated heterocycles. The summed E-state index contributed by atoms with van der Waals surface area (Å²) in [7, 11) is 1.99. The number of hydrogen-bond acceptors (Lipinski definition) is 3. The highest BCUT2D eigenvalue weighted by atomic mass is 32.1. The number of nitrogens with one attached hydrogen (secondary N) is 1. The van der Waals surface area contributed by atoms with Crippen molar-refractivity contribution in [2.45, 2.75) is 33.2 Å². The van der Waals surface area contributed by atoms with Crippen molar-refractivity contribution in [3.05, 3.63) is 10.5 Å². The van der Waals surface area contributed by atoms with Gasteiger partial charge in [0.25, 0.3) is 0 Å². The van der Waals surface area contributed by atoms with Crippen molar-refractivity contribution in [1.82, 2.24) is 24.2 Å². The Morgan fingerprint density at radius 1 is 1.35 bits per heavy atom. The molecule has 3 heterocycles. The first-order chi connectivity index (χ1) is 9.60. The Labute approximate surface area is 124 Å². The first-order valence-corrected chi connectivity index (χ1v) is 7.85. The third-order valence-electron chi connectivity index (χ3n) is 4.52. The van der Waals surface area contributed by atoms with Gasteiger partial charge in [0.2, 0.25) is 0 Å². The Morgan fingerprint density at radius 2 is 2.05 bits per heavy atom. The molecule has 0 unspecified atom stereocenters. The zero-order valence-corrected chi connectivity index (χ0v) is 13.3. The van der Waals surface area contributed by atoms with Gasteiger partial charge >= 0.3 is 0 Å². The molecule has 0 saturated carbocycles. The van der Waals surface area contributed by atoms with Crippen LogP contribution in [0, 0.1) is 17.6 Å². The molecule has 0 radical (unpaired) electrons. The van der Waals surface area contributed by atoms with Gasteiger partial charge in [0.15, 0.2) is 10.4 Å². The highest BCUT2D eigenvalue weighted by molar-refractivity contribution is 7.71. The first-order valence-electron chi connectivity index (χ1n) is 7.44. The zero-order valence-electron chi connectivity index (χ0n) is 12.5. The zero-order chi connectivity index (χ0) is 14.3. The summed E-state index contributed by atoms with van der Waals surface area (Å²) in [4.78, 5) is 5.83. The summed E-state index contributed by atoms with van der Waals surface area (Å²) in [6.45, 7) is 8.87. The van der Waals surface area contributed by atoms with Gasteiger partial charge in [-0.1, -0.05) is 6.92 Å². The number of aromatic amines is 1. The molecule has 0 spiro atoms. The minimum atomic E-state index is 0.721. The Hall–Kier alpha value is -1.14. The molecular formula is C14H23N5S. The van der Waals surface area contributed by atoms with E-state index in [-0.39, 0.29) is 0 Å². The van der Waals surface area contributed by atoms with Crippen molar-refractivity contribution in [3.8, 4) is 0 Å². The van der Waals surface area contributed by atoms with Crippen LogP contribution in [0.3, 0.4) is 0 Å². The van der Waals surface area contributed by atoms with Gasteiger partial charge in [-0.3, -0.25) is 4.68 Å². The number of likely N-dealkylation sites (tertiary alicyclic amines) is 1. The van der Waals surface area contributed by atoms with E-state index in [1.807, 2.05) is 18.7 Å². The first kappa shape index (κ1) is 13.8. The van der Waals surface area contributed by atoms with Crippen LogP contribution in [-0.2, 0) is 13.6 Å². The van der Waals surface area contributed by atoms with Crippen molar-refractivity contribution >= 4 is 23.4 Å². The minimum absolute atomic E-state index is 0.721. The smallest absolute Gasteiger partial charge is 0.179 e. The lowest BCUT2D eigenvalue weighted by Crippen LogP contribution is -2.34. The number of imidazole rings is 1. The van der Waals surface area contributed by atoms with Crippen LogP contribution in [-0.4, -0.2) is 43.9 Å². The lowest BCUT2D eigenvalue weighted by Gasteiger charge is -2.31. The average Bonchev–Trinajstić information content (AvgIpc) is 2.90. The highest BCUT2D eigenvalue weighted by Crippen LogP contribution is 2.23. The van der Waals surface area contributed by atoms with Crippen LogP contribution in [0.2, 0.25) is 0 Å². The fraction of sp³-hybridized carbons (Fsp3) is 0.714. The molecule has 0 aliphatic carbocycles. The van der Waals surface area contributed by atoms with Crippen LogP contribution in [0.15, 0.2) is 0 Å². The van der Waals surface area contributed by atoms with Crippen molar-refractivity contribution in [2.75, 3.05) is 19.6 Å². The third kappa shape index (κ3) is 2.31. The Balaban J connectivity index is 1.84. The molecule has 0 aromatic carbocycles. The number of aromatic nitrogens is 4. The fourth-order valence-electron chi connectivity index (χ4n) is 3.29. The highest BCUT2D eigenvalue weighted by Gasteiger charge is 2.21. The molecule has 0 bridgehead atoms. The maximum absolute atomic E-state index is 5.50. The molecule has 110 valence electrons. The molecule has 0 atom stereocenters. The van der Waals surface area contributed by atoms with E-state index in [0.717, 1.165) is 34.1 Å². The fourth-order valence-corrected chi connectivity index (χ4v) is 3.55. The Bertz CT molecular complexity index is 657. The topological polar surface area (TPSA) is 41.8 Å². The van der Waals surface area contributed by atoms with Crippen LogP contribution < -0.4 is 0 Å². The molecule has 1 N–H and O–H groups in total. The van der Waals surface area contributed by atoms with Gasteiger partial charge in [0.05, 0.1) is 5.69 Å². The van der Waals surface area contributed by atoms with Crippen molar-refractivity contribution < 1.29 is 0 Å². The second kappa shape index (κ2) is 5.33. The van der Waals surface area contributed by atoms with Crippen LogP contribution in [0.25, 0.3) is 11.2 Å². The molecule has 20 heavy (non-hydrogen) atoms. The molecule has 2 aromatic heterocycles. The van der Waals surface area contributed by atoms with Crippen molar-refractivity contribution in [3.63, 3.8) is 0 Å². The van der Waals surface area contributed by atoms with Gasteiger partial charge in [-0.05, 0) is 57.5 Å². The SMILES string of the molecule is CCN1CCC(Cn2c(=S)[nH]c3c(C)nn(C)c32)CC1. The Morgan fingerprint density at radius 3 is 2.70 bits per heavy atom. The average molecular weight is 293 g/mol. The summed E-state index contributed by atoms with van der Waals surface area (Å²) in [5.41, 5.74) is 3.24. The minimum Gasteiger partial charge on any atom is -0.328 e. The van der Waals surface area contributed by atoms with E-state index >= 15 is 0 Å². The number of nitrogens with zero attached hydrogens (tertiary/aromatic N) is 4. The van der Waals surface area contributed by atoms with E-state index in [2.05, 4.69) is 26.5 Å². The second-order valence-corrected chi connectivity index (χ2v) is 6.21. The molecule has 0 amide bonds. The molecular weight excluding hydrogens is 270 g/mol. The Kier molecular flexibility index (Phi) is 3.69. The summed E-state index contributed by atoms with van der Waals surface area (Å²) < 4.78 is 5.00. The maximum atomic E-state index is 5.50. The summed E-state index contributed by atoms with van der Waals surface area (Å²) in [5.74, 6) is 0.721. The number of rotatable bonds is 3. The lowest BCUT2D eigenvalue weighted by atomic mass is 9.97. The molecule has 1 aliphatic heterocycles. The monoisotopic (exact) mass is 293 g/mol. The van der Waals surface area contributed by atoms with Gasteiger partial charge in [-0.2, -0.15) is 5.10 Å². The van der Waals surface area contributed by atoms with Crippen LogP contribution in [0.4, 0.5) is 0 Å². The maximum Gasteiger partial charge on any atom is 0.179 e. The van der Waals surface area contributed by atoms with Gasteiger partial charge < -0.3 is 14.5 Å². The van der Waals surface area contributed by atoms with Crippen LogP contribution in [0.5, 0.6) is 0 Å². The standard InChI is InChI=1S/C14H23N5S/c1-4-18-7-5-11(6-8-18)9-19-13-12(15-14(19)20)10(2)16-17(13)3/h11H,4-9H2,1-3H3,(H,15,20). The van der Waals surface area contributed by atoms with Gasteiger partial charge in [-0.25, -0.2) is 0 Å². The summed E-state index contributed by atoms with van der Waals surface area (Å²) in [6, 6.07) is 0. The van der Waals surface area contributed by atoms with Crippen molar-refractivity contribution in [1.29, 1.82) is 0 Å². The molecule has 1 fully saturated rings. The largest absolute Gasteiger partial charge is 0.328 e. The summed E-state index contributed by atoms with van der Waals surface area (Å²) in [6.07, 6.45) is 2.53. The number of aryl methyl sites for hydroxylation is 2. The number of fused-ring (bicyclic) bond motifs is 1. The van der Waals surface area contributed by atoms with E-state index in [1.165, 1.54) is 32.5 Å². The predicted molar refractivity (Wildman–Crippen MR) is 83.5 cm³/mol. The third-order valence-corrected chi connectivity index (χ3v) is 4.84. The van der Waals surface area contributed by atoms with E-state index in [1.54, 1.807) is 0 Å². The molecule has 6 heteroatoms. The lowest BCUT2D eigenvalue weighted by molar-refractivity contribution is 0.181. The van der Waals surface area contributed by atoms with Gasteiger partial charge in [-0.15, -0.1) is 0 Å². The normalized spacial score (nSPS) is 18.1. The van der Waals surface area contributed by atoms with E-state index in [4.69, 9.17) is 12.2 Å². The van der Waals surface area contributed by atoms with E-state index < -0.39 is 0 Å². The van der Waals surface area contributed by atoms with Crippen LogP contribution >= 0.6 is 12.2 Å². The number of H-pyrrole nitrogens is 1. The quantitative estimate of drug-likeness (QED) is 0.884. The molecule has 2 aromatic rings. The van der Waals surface area contributed by atoms with E-state index in [0.29, 0.717) is 0 Å². The summed E-state index contributed by atoms with van der Waals surface area (Å²) in [5, 5.41) is 4.48. The predicted octanol–water partition coefficient (Wildman–Crippen LogP) is 2.47. The second-order valence-electron chi connectivity index (χ2n) is 5.83. The summed E-state index contributed by atoms with van der Waals surface area (Å²) >= 11 is 5.50. The van der Waals surface area contributed by atoms with Gasteiger partial charge in [0, 0.05) is 13.6 Å².